The fourth-order valence-corrected chi connectivity index (χ4v) is 2.44. The number of hydrogen-bond donors (Lipinski definition) is 2. The van der Waals surface area contributed by atoms with Gasteiger partial charge in [0, 0.05) is 42.9 Å². The molecular formula is C17H24N2O2. The Morgan fingerprint density at radius 3 is 2.76 bits per heavy atom. The average molecular weight is 288 g/mol. The van der Waals surface area contributed by atoms with Gasteiger partial charge in [0.2, 0.25) is 5.91 Å². The van der Waals surface area contributed by atoms with Crippen molar-refractivity contribution in [2.45, 2.75) is 46.2 Å². The highest BCUT2D eigenvalue weighted by atomic mass is 16.3. The summed E-state index contributed by atoms with van der Waals surface area (Å²) in [6.45, 7) is 7.43. The van der Waals surface area contributed by atoms with E-state index >= 15 is 0 Å². The second kappa shape index (κ2) is 7.27. The number of aryl methyl sites for hydroxylation is 1. The molecule has 0 bridgehead atoms. The summed E-state index contributed by atoms with van der Waals surface area (Å²) in [4.78, 5) is 11.6. The predicted molar refractivity (Wildman–Crippen MR) is 85.2 cm³/mol. The van der Waals surface area contributed by atoms with Crippen molar-refractivity contribution < 1.29 is 9.21 Å². The first kappa shape index (κ1) is 15.6. The largest absolute Gasteiger partial charge is 0.461 e. The highest BCUT2D eigenvalue weighted by Gasteiger charge is 2.12. The van der Waals surface area contributed by atoms with Gasteiger partial charge in [-0.05, 0) is 19.9 Å². The number of fused-ring (bicyclic) bond motifs is 1. The van der Waals surface area contributed by atoms with Crippen LogP contribution in [-0.2, 0) is 17.8 Å². The first-order valence-electron chi connectivity index (χ1n) is 7.61. The molecule has 0 spiro atoms. The van der Waals surface area contributed by atoms with Crippen molar-refractivity contribution in [2.24, 2.45) is 0 Å². The molecule has 4 nitrogen and oxygen atoms in total. The molecule has 1 amide bonds. The minimum atomic E-state index is 0.0882. The van der Waals surface area contributed by atoms with E-state index in [4.69, 9.17) is 4.42 Å². The van der Waals surface area contributed by atoms with Gasteiger partial charge < -0.3 is 15.1 Å². The molecule has 0 aliphatic carbocycles. The van der Waals surface area contributed by atoms with Crippen LogP contribution in [0.1, 0.15) is 38.5 Å². The summed E-state index contributed by atoms with van der Waals surface area (Å²) in [6.07, 6.45) is 1.37. The average Bonchev–Trinajstić information content (AvgIpc) is 2.81. The number of para-hydroxylation sites is 1. The Kier molecular flexibility index (Phi) is 5.39. The summed E-state index contributed by atoms with van der Waals surface area (Å²) >= 11 is 0. The van der Waals surface area contributed by atoms with Crippen molar-refractivity contribution >= 4 is 16.9 Å². The van der Waals surface area contributed by atoms with E-state index in [1.54, 1.807) is 0 Å². The Balaban J connectivity index is 1.93. The summed E-state index contributed by atoms with van der Waals surface area (Å²) in [5.74, 6) is 1.11. The molecule has 0 atom stereocenters. The van der Waals surface area contributed by atoms with Crippen LogP contribution in [0.5, 0.6) is 0 Å². The smallest absolute Gasteiger partial charge is 0.221 e. The molecule has 0 radical (unpaired) electrons. The summed E-state index contributed by atoms with van der Waals surface area (Å²) in [5, 5.41) is 7.39. The summed E-state index contributed by atoms with van der Waals surface area (Å²) in [7, 11) is 0. The number of carbonyl (C=O) groups excluding carboxylic acids is 1. The highest BCUT2D eigenvalue weighted by molar-refractivity contribution is 5.82. The molecule has 114 valence electrons. The van der Waals surface area contributed by atoms with Crippen LogP contribution in [0.15, 0.2) is 28.7 Å². The number of rotatable bonds is 7. The molecule has 0 saturated carbocycles. The van der Waals surface area contributed by atoms with Gasteiger partial charge in [-0.25, -0.2) is 0 Å². The van der Waals surface area contributed by atoms with Gasteiger partial charge in [0.1, 0.15) is 11.3 Å². The minimum absolute atomic E-state index is 0.0882. The van der Waals surface area contributed by atoms with E-state index in [1.807, 2.05) is 32.0 Å². The van der Waals surface area contributed by atoms with Crippen LogP contribution in [0.4, 0.5) is 0 Å². The first-order chi connectivity index (χ1) is 10.1. The van der Waals surface area contributed by atoms with Crippen molar-refractivity contribution in [1.82, 2.24) is 10.6 Å². The maximum Gasteiger partial charge on any atom is 0.221 e. The van der Waals surface area contributed by atoms with E-state index in [1.165, 1.54) is 5.56 Å². The zero-order valence-corrected chi connectivity index (χ0v) is 13.0. The third-order valence-electron chi connectivity index (χ3n) is 3.38. The molecule has 0 unspecified atom stereocenters. The van der Waals surface area contributed by atoms with Crippen LogP contribution < -0.4 is 10.6 Å². The van der Waals surface area contributed by atoms with E-state index in [9.17, 15) is 4.79 Å². The molecule has 2 rings (SSSR count). The lowest BCUT2D eigenvalue weighted by molar-refractivity contribution is -0.121. The molecular weight excluding hydrogens is 264 g/mol. The molecule has 1 aromatic carbocycles. The molecule has 1 heterocycles. The predicted octanol–water partition coefficient (Wildman–Crippen LogP) is 3.00. The monoisotopic (exact) mass is 288 g/mol. The van der Waals surface area contributed by atoms with Crippen molar-refractivity contribution in [1.29, 1.82) is 0 Å². The SMILES string of the molecule is CCc1oc2ccccc2c1CNCCC(=O)NC(C)C. The summed E-state index contributed by atoms with van der Waals surface area (Å²) in [5.41, 5.74) is 2.14. The number of hydrogen-bond acceptors (Lipinski definition) is 3. The van der Waals surface area contributed by atoms with Gasteiger partial charge in [0.05, 0.1) is 0 Å². The van der Waals surface area contributed by atoms with Crippen LogP contribution in [0.25, 0.3) is 11.0 Å². The van der Waals surface area contributed by atoms with Gasteiger partial charge in [0.25, 0.3) is 0 Å². The molecule has 0 aliphatic heterocycles. The molecule has 2 N–H and O–H groups in total. The quantitative estimate of drug-likeness (QED) is 0.770. The van der Waals surface area contributed by atoms with Crippen LogP contribution in [-0.4, -0.2) is 18.5 Å². The maximum absolute atomic E-state index is 11.6. The van der Waals surface area contributed by atoms with Crippen molar-refractivity contribution in [2.75, 3.05) is 6.54 Å². The normalized spacial score (nSPS) is 11.2. The Bertz CT molecular complexity index is 602. The minimum Gasteiger partial charge on any atom is -0.461 e. The number of benzene rings is 1. The molecule has 0 fully saturated rings. The summed E-state index contributed by atoms with van der Waals surface area (Å²) < 4.78 is 5.86. The highest BCUT2D eigenvalue weighted by Crippen LogP contribution is 2.26. The van der Waals surface area contributed by atoms with Crippen LogP contribution in [0, 0.1) is 0 Å². The van der Waals surface area contributed by atoms with Crippen LogP contribution in [0.2, 0.25) is 0 Å². The van der Waals surface area contributed by atoms with Gasteiger partial charge in [-0.15, -0.1) is 0 Å². The second-order valence-corrected chi connectivity index (χ2v) is 5.50. The van der Waals surface area contributed by atoms with Crippen LogP contribution in [0.3, 0.4) is 0 Å². The fourth-order valence-electron chi connectivity index (χ4n) is 2.44. The van der Waals surface area contributed by atoms with Gasteiger partial charge in [-0.2, -0.15) is 0 Å². The Labute approximate surface area is 125 Å². The third kappa shape index (κ3) is 4.08. The van der Waals surface area contributed by atoms with Gasteiger partial charge >= 0.3 is 0 Å². The van der Waals surface area contributed by atoms with E-state index in [0.717, 1.165) is 29.7 Å². The standard InChI is InChI=1S/C17H24N2O2/c1-4-15-14(13-7-5-6-8-16(13)21-15)11-18-10-9-17(20)19-12(2)3/h5-8,12,18H,4,9-11H2,1-3H3,(H,19,20). The van der Waals surface area contributed by atoms with E-state index in [2.05, 4.69) is 23.6 Å². The zero-order valence-electron chi connectivity index (χ0n) is 13.0. The van der Waals surface area contributed by atoms with Crippen molar-refractivity contribution in [3.8, 4) is 0 Å². The fraction of sp³-hybridized carbons (Fsp3) is 0.471. The third-order valence-corrected chi connectivity index (χ3v) is 3.38. The molecule has 0 aliphatic rings. The van der Waals surface area contributed by atoms with Gasteiger partial charge in [-0.1, -0.05) is 25.1 Å². The van der Waals surface area contributed by atoms with Gasteiger partial charge in [0.15, 0.2) is 0 Å². The van der Waals surface area contributed by atoms with E-state index < -0.39 is 0 Å². The van der Waals surface area contributed by atoms with E-state index in [-0.39, 0.29) is 11.9 Å². The van der Waals surface area contributed by atoms with Crippen molar-refractivity contribution in [3.05, 3.63) is 35.6 Å². The molecule has 21 heavy (non-hydrogen) atoms. The topological polar surface area (TPSA) is 54.3 Å². The zero-order chi connectivity index (χ0) is 15.2. The molecule has 0 saturated heterocycles. The van der Waals surface area contributed by atoms with E-state index in [0.29, 0.717) is 13.0 Å². The molecule has 2 aromatic rings. The lowest BCUT2D eigenvalue weighted by Crippen LogP contribution is -2.32. The lowest BCUT2D eigenvalue weighted by Gasteiger charge is -2.09. The second-order valence-electron chi connectivity index (χ2n) is 5.50. The number of nitrogens with one attached hydrogen (secondary N) is 2. The first-order valence-corrected chi connectivity index (χ1v) is 7.61. The number of furan rings is 1. The maximum atomic E-state index is 11.6. The number of amides is 1. The Morgan fingerprint density at radius 1 is 1.29 bits per heavy atom. The Hall–Kier alpha value is -1.81. The number of carbonyl (C=O) groups is 1. The summed E-state index contributed by atoms with van der Waals surface area (Å²) in [6, 6.07) is 8.28. The van der Waals surface area contributed by atoms with Crippen LogP contribution >= 0.6 is 0 Å². The van der Waals surface area contributed by atoms with Gasteiger partial charge in [-0.3, -0.25) is 4.79 Å². The van der Waals surface area contributed by atoms with Crippen molar-refractivity contribution in [3.63, 3.8) is 0 Å². The Morgan fingerprint density at radius 2 is 2.05 bits per heavy atom. The lowest BCUT2D eigenvalue weighted by atomic mass is 10.1. The molecule has 4 heteroatoms. The molecule has 1 aromatic heterocycles.